The number of rotatable bonds is 5. The number of pyridine rings is 1. The molecule has 1 aliphatic rings. The number of allylic oxidation sites excluding steroid dienone is 1. The van der Waals surface area contributed by atoms with Crippen LogP contribution in [-0.2, 0) is 16.0 Å². The number of nitrogens with zero attached hydrogens (tertiary/aromatic N) is 1. The van der Waals surface area contributed by atoms with Crippen LogP contribution in [0.5, 0.6) is 0 Å². The Labute approximate surface area is 206 Å². The van der Waals surface area contributed by atoms with Crippen molar-refractivity contribution in [1.29, 1.82) is 0 Å². The Morgan fingerprint density at radius 3 is 2.58 bits per heavy atom. The summed E-state index contributed by atoms with van der Waals surface area (Å²) in [6.45, 7) is 1.36. The van der Waals surface area contributed by atoms with E-state index in [1.165, 1.54) is 0 Å². The fourth-order valence-corrected chi connectivity index (χ4v) is 4.20. The quantitative estimate of drug-likeness (QED) is 0.326. The Kier molecular flexibility index (Phi) is 6.32. The number of fused-ring (bicyclic) bond motifs is 2. The van der Waals surface area contributed by atoms with E-state index in [1.54, 1.807) is 30.5 Å². The summed E-state index contributed by atoms with van der Waals surface area (Å²) in [6.07, 6.45) is 4.84. The molecule has 0 saturated heterocycles. The summed E-state index contributed by atoms with van der Waals surface area (Å²) in [5, 5.41) is 0.661. The molecule has 0 saturated carbocycles. The largest absolute Gasteiger partial charge is 0.465 e. The number of nitrogens with one attached hydrogen (secondary N) is 2. The number of hydrazine groups is 1. The van der Waals surface area contributed by atoms with Gasteiger partial charge >= 0.3 is 5.97 Å². The Morgan fingerprint density at radius 2 is 1.81 bits per heavy atom. The van der Waals surface area contributed by atoms with Crippen LogP contribution >= 0.6 is 0 Å². The SMILES string of the molecule is Cc1ccc(C(=O)NNC(=O)COC(=O)c2c3c(nc4ccccc24)/C(=C/c2ccco2)CC3)cc1. The molecule has 36 heavy (non-hydrogen) atoms. The second kappa shape index (κ2) is 9.87. The molecule has 8 nitrogen and oxygen atoms in total. The highest BCUT2D eigenvalue weighted by Crippen LogP contribution is 2.37. The summed E-state index contributed by atoms with van der Waals surface area (Å²) in [7, 11) is 0. The smallest absolute Gasteiger partial charge is 0.339 e. The van der Waals surface area contributed by atoms with Gasteiger partial charge in [-0.3, -0.25) is 20.4 Å². The lowest BCUT2D eigenvalue weighted by molar-refractivity contribution is -0.125. The van der Waals surface area contributed by atoms with E-state index in [0.29, 0.717) is 40.6 Å². The zero-order chi connectivity index (χ0) is 25.1. The molecule has 2 N–H and O–H groups in total. The first-order chi connectivity index (χ1) is 17.5. The van der Waals surface area contributed by atoms with Gasteiger partial charge in [-0.1, -0.05) is 35.9 Å². The summed E-state index contributed by atoms with van der Waals surface area (Å²) in [4.78, 5) is 42.4. The number of benzene rings is 2. The average Bonchev–Trinajstić information content (AvgIpc) is 3.55. The Morgan fingerprint density at radius 1 is 1.00 bits per heavy atom. The molecule has 0 unspecified atom stereocenters. The number of carbonyl (C=O) groups is 3. The lowest BCUT2D eigenvalue weighted by atomic mass is 10.0. The number of furan rings is 1. The van der Waals surface area contributed by atoms with Gasteiger partial charge in [0.2, 0.25) is 0 Å². The van der Waals surface area contributed by atoms with Crippen molar-refractivity contribution in [3.8, 4) is 0 Å². The van der Waals surface area contributed by atoms with Gasteiger partial charge in [-0.2, -0.15) is 0 Å². The molecule has 1 aliphatic carbocycles. The van der Waals surface area contributed by atoms with Crippen LogP contribution < -0.4 is 10.9 Å². The highest BCUT2D eigenvalue weighted by atomic mass is 16.5. The molecule has 5 rings (SSSR count). The molecule has 0 bridgehead atoms. The summed E-state index contributed by atoms with van der Waals surface area (Å²) in [5.74, 6) is -1.04. The van der Waals surface area contributed by atoms with Crippen LogP contribution in [0.4, 0.5) is 0 Å². The van der Waals surface area contributed by atoms with Gasteiger partial charge in [0.15, 0.2) is 6.61 Å². The zero-order valence-corrected chi connectivity index (χ0v) is 19.5. The molecule has 2 aromatic carbocycles. The van der Waals surface area contributed by atoms with E-state index in [1.807, 2.05) is 49.4 Å². The zero-order valence-electron chi connectivity index (χ0n) is 19.5. The molecular formula is C28H23N3O5. The van der Waals surface area contributed by atoms with E-state index < -0.39 is 24.4 Å². The summed E-state index contributed by atoms with van der Waals surface area (Å²) in [6, 6.07) is 17.9. The van der Waals surface area contributed by atoms with Crippen LogP contribution in [0.1, 0.15) is 49.7 Å². The predicted octanol–water partition coefficient (Wildman–Crippen LogP) is 4.24. The van der Waals surface area contributed by atoms with Crippen molar-refractivity contribution < 1.29 is 23.5 Å². The van der Waals surface area contributed by atoms with Crippen molar-refractivity contribution in [2.24, 2.45) is 0 Å². The first-order valence-electron chi connectivity index (χ1n) is 11.5. The van der Waals surface area contributed by atoms with Crippen molar-refractivity contribution >= 4 is 40.3 Å². The van der Waals surface area contributed by atoms with Crippen LogP contribution in [0.3, 0.4) is 0 Å². The third-order valence-electron chi connectivity index (χ3n) is 5.97. The third kappa shape index (κ3) is 4.74. The van der Waals surface area contributed by atoms with Crippen LogP contribution in [0, 0.1) is 6.92 Å². The van der Waals surface area contributed by atoms with Gasteiger partial charge in [-0.05, 0) is 67.3 Å². The number of hydrogen-bond acceptors (Lipinski definition) is 6. The highest BCUT2D eigenvalue weighted by molar-refractivity contribution is 6.07. The van der Waals surface area contributed by atoms with Gasteiger partial charge in [0, 0.05) is 10.9 Å². The number of amides is 2. The standard InChI is InChI=1S/C28H23N3O5/c1-17-8-10-18(11-9-17)27(33)31-30-24(32)16-36-28(34)25-21-6-2-3-7-23(21)29-26-19(12-13-22(25)26)15-20-5-4-14-35-20/h2-11,14-15H,12-13,16H2,1H3,(H,30,32)(H,31,33)/b19-15+. The maximum absolute atomic E-state index is 13.2. The maximum atomic E-state index is 13.2. The van der Waals surface area contributed by atoms with Gasteiger partial charge in [0.1, 0.15) is 5.76 Å². The molecule has 0 fully saturated rings. The maximum Gasteiger partial charge on any atom is 0.339 e. The molecule has 2 aromatic heterocycles. The first kappa shape index (κ1) is 23.0. The normalized spacial score (nSPS) is 13.4. The number of carbonyl (C=O) groups excluding carboxylic acids is 3. The molecule has 0 aliphatic heterocycles. The molecule has 2 heterocycles. The van der Waals surface area contributed by atoms with Crippen molar-refractivity contribution in [2.75, 3.05) is 6.61 Å². The van der Waals surface area contributed by atoms with E-state index in [9.17, 15) is 14.4 Å². The molecule has 2 amide bonds. The highest BCUT2D eigenvalue weighted by Gasteiger charge is 2.28. The van der Waals surface area contributed by atoms with E-state index in [-0.39, 0.29) is 0 Å². The number of hydrogen-bond donors (Lipinski definition) is 2. The second-order valence-corrected chi connectivity index (χ2v) is 8.46. The minimum absolute atomic E-state index is 0.398. The van der Waals surface area contributed by atoms with Crippen molar-refractivity contribution in [1.82, 2.24) is 15.8 Å². The van der Waals surface area contributed by atoms with Crippen LogP contribution in [0.2, 0.25) is 0 Å². The number of ether oxygens (including phenoxy) is 1. The average molecular weight is 482 g/mol. The van der Waals surface area contributed by atoms with E-state index >= 15 is 0 Å². The topological polar surface area (TPSA) is 111 Å². The molecule has 180 valence electrons. The first-order valence-corrected chi connectivity index (χ1v) is 11.5. The summed E-state index contributed by atoms with van der Waals surface area (Å²) >= 11 is 0. The van der Waals surface area contributed by atoms with E-state index in [0.717, 1.165) is 22.4 Å². The number of para-hydroxylation sites is 1. The molecule has 0 atom stereocenters. The summed E-state index contributed by atoms with van der Waals surface area (Å²) in [5.41, 5.74) is 9.55. The van der Waals surface area contributed by atoms with Crippen molar-refractivity contribution in [3.05, 3.63) is 101 Å². The predicted molar refractivity (Wildman–Crippen MR) is 134 cm³/mol. The van der Waals surface area contributed by atoms with E-state index in [4.69, 9.17) is 14.1 Å². The Bertz CT molecular complexity index is 1490. The Hall–Kier alpha value is -4.72. The van der Waals surface area contributed by atoms with Crippen molar-refractivity contribution in [3.63, 3.8) is 0 Å². The molecule has 4 aromatic rings. The molecular weight excluding hydrogens is 458 g/mol. The lowest BCUT2D eigenvalue weighted by Crippen LogP contribution is -2.43. The van der Waals surface area contributed by atoms with Gasteiger partial charge in [-0.15, -0.1) is 0 Å². The van der Waals surface area contributed by atoms with E-state index in [2.05, 4.69) is 10.9 Å². The fourth-order valence-electron chi connectivity index (χ4n) is 4.20. The van der Waals surface area contributed by atoms with Crippen molar-refractivity contribution in [2.45, 2.75) is 19.8 Å². The Balaban J connectivity index is 1.31. The monoisotopic (exact) mass is 481 g/mol. The number of aromatic nitrogens is 1. The van der Waals surface area contributed by atoms with Gasteiger partial charge in [0.05, 0.1) is 23.0 Å². The fraction of sp³-hybridized carbons (Fsp3) is 0.143. The second-order valence-electron chi connectivity index (χ2n) is 8.46. The number of aryl methyl sites for hydroxylation is 1. The van der Waals surface area contributed by atoms with Gasteiger partial charge in [0.25, 0.3) is 11.8 Å². The minimum Gasteiger partial charge on any atom is -0.465 e. The third-order valence-corrected chi connectivity index (χ3v) is 5.97. The lowest BCUT2D eigenvalue weighted by Gasteiger charge is -2.13. The van der Waals surface area contributed by atoms with Crippen LogP contribution in [0.25, 0.3) is 22.6 Å². The number of esters is 1. The van der Waals surface area contributed by atoms with Crippen LogP contribution in [0.15, 0.2) is 71.3 Å². The molecule has 0 spiro atoms. The minimum atomic E-state index is -0.655. The molecule has 0 radical (unpaired) electrons. The summed E-state index contributed by atoms with van der Waals surface area (Å²) < 4.78 is 10.8. The van der Waals surface area contributed by atoms with Gasteiger partial charge < -0.3 is 9.15 Å². The molecule has 8 heteroatoms. The van der Waals surface area contributed by atoms with Gasteiger partial charge in [-0.25, -0.2) is 9.78 Å². The van der Waals surface area contributed by atoms with Crippen LogP contribution in [-0.4, -0.2) is 29.4 Å².